The predicted octanol–water partition coefficient (Wildman–Crippen LogP) is 10.1. The van der Waals surface area contributed by atoms with Crippen molar-refractivity contribution in [1.29, 1.82) is 0 Å². The van der Waals surface area contributed by atoms with Crippen LogP contribution in [0.3, 0.4) is 0 Å². The number of piperidine rings is 2. The Morgan fingerprint density at radius 3 is 1.30 bits per heavy atom. The molecule has 0 aliphatic carbocycles. The van der Waals surface area contributed by atoms with Gasteiger partial charge in [-0.15, -0.1) is 4.73 Å². The number of hydroxylamine groups is 9. The molecular weight excluding hydrogens is 1120 g/mol. The fraction of sp³-hybridized carbons (Fsp3) is 0.641. The van der Waals surface area contributed by atoms with Gasteiger partial charge in [0.2, 0.25) is 17.7 Å². The minimum Gasteiger partial charge on any atom is -0.492 e. The average molecular weight is 1230 g/mol. The molecule has 23 heteroatoms. The summed E-state index contributed by atoms with van der Waals surface area (Å²) < 4.78 is 0.217. The third kappa shape index (κ3) is 32.8. The number of imide groups is 2. The third-order valence-electron chi connectivity index (χ3n) is 13.9. The lowest BCUT2D eigenvalue weighted by Gasteiger charge is -2.35. The highest BCUT2D eigenvalue weighted by atomic mass is 16.5. The van der Waals surface area contributed by atoms with Gasteiger partial charge in [0.25, 0.3) is 35.1 Å². The lowest BCUT2D eigenvalue weighted by Crippen LogP contribution is -2.44. The standard InChI is InChI=1S/C10H14.C9H15NO3.2C9H13NO3.C9H17NO2.C9H15NO2.C6H13NO2.C3H6O2/c1-10(2,3)9-7-5-4-6-8-9;3*1-9(2,3)6-4-7(11)10(13)8(12)5-6;2*1-9(2,3)7-4-5-10(12)8(11)6-7;1-6(2,3)4-5(8)7-9;1-3(5)2-4/h4-8H,1-3H3;6,13H,4-5H2,1-3H3;4,13H,5H2,1-3H3;4-5,11,13H,1-3H3;7,12H,4-6H2,1-3H3;6,12H,4-5H2,1-3H3;9H,4H2,1-3H3,(H,7,8);4H,2H2,1H3. The maximum atomic E-state index is 11.1. The number of nitrogens with zero attached hydrogens (tertiary/aromatic N) is 5. The number of hydrogen-bond donors (Lipinski definition) is 9. The van der Waals surface area contributed by atoms with Crippen LogP contribution in [0.1, 0.15) is 208 Å². The molecule has 0 bridgehead atoms. The van der Waals surface area contributed by atoms with Crippen molar-refractivity contribution in [1.82, 2.24) is 30.5 Å². The number of pyridine rings is 1. The summed E-state index contributed by atoms with van der Waals surface area (Å²) in [6.07, 6.45) is 6.00. The van der Waals surface area contributed by atoms with Crippen LogP contribution in [0.15, 0.2) is 70.6 Å². The van der Waals surface area contributed by atoms with E-state index in [9.17, 15) is 43.2 Å². The van der Waals surface area contributed by atoms with Gasteiger partial charge in [-0.05, 0) is 86.2 Å². The molecule has 23 nitrogen and oxygen atoms in total. The van der Waals surface area contributed by atoms with E-state index in [0.717, 1.165) is 34.1 Å². The summed E-state index contributed by atoms with van der Waals surface area (Å²) in [5, 5.41) is 71.9. The first-order chi connectivity index (χ1) is 39.1. The summed E-state index contributed by atoms with van der Waals surface area (Å²) in [7, 11) is 0. The molecule has 6 rings (SSSR count). The number of nitrogens with one attached hydrogen (secondary N) is 1. The molecule has 2 fully saturated rings. The molecule has 1 aromatic carbocycles. The fourth-order valence-electron chi connectivity index (χ4n) is 7.75. The first kappa shape index (κ1) is 82.4. The summed E-state index contributed by atoms with van der Waals surface area (Å²) in [4.78, 5) is 97.6. The second-order valence-electron chi connectivity index (χ2n) is 29.2. The van der Waals surface area contributed by atoms with Crippen LogP contribution in [0.5, 0.6) is 5.88 Å². The second kappa shape index (κ2) is 34.8. The normalized spacial score (nSPS) is 16.9. The smallest absolute Gasteiger partial charge is 0.286 e. The van der Waals surface area contributed by atoms with Gasteiger partial charge in [0.15, 0.2) is 5.78 Å². The Balaban J connectivity index is 0. The average Bonchev–Trinajstić information content (AvgIpc) is 2.68. The second-order valence-corrected chi connectivity index (χ2v) is 29.2. The van der Waals surface area contributed by atoms with Gasteiger partial charge in [0.1, 0.15) is 6.61 Å². The van der Waals surface area contributed by atoms with Crippen LogP contribution < -0.4 is 11.0 Å². The third-order valence-corrected chi connectivity index (χ3v) is 13.9. The van der Waals surface area contributed by atoms with Crippen LogP contribution in [0.4, 0.5) is 0 Å². The van der Waals surface area contributed by atoms with Gasteiger partial charge in [-0.25, -0.2) is 15.6 Å². The number of aromatic hydroxyl groups is 1. The van der Waals surface area contributed by atoms with E-state index in [0.29, 0.717) is 42.8 Å². The zero-order valence-electron chi connectivity index (χ0n) is 55.9. The Bertz CT molecular complexity index is 2700. The van der Waals surface area contributed by atoms with E-state index in [1.807, 2.05) is 83.1 Å². The lowest BCUT2D eigenvalue weighted by atomic mass is 9.75. The topological polar surface area (TPSA) is 345 Å². The molecule has 0 radical (unpaired) electrons. The van der Waals surface area contributed by atoms with Crippen molar-refractivity contribution in [2.24, 2.45) is 38.9 Å². The zero-order valence-corrected chi connectivity index (χ0v) is 55.9. The number of benzene rings is 1. The molecule has 1 atom stereocenters. The number of aliphatic hydroxyl groups is 1. The van der Waals surface area contributed by atoms with E-state index < -0.39 is 35.1 Å². The van der Waals surface area contributed by atoms with Gasteiger partial charge in [0, 0.05) is 56.5 Å². The van der Waals surface area contributed by atoms with Crippen LogP contribution in [-0.4, -0.2) is 133 Å². The van der Waals surface area contributed by atoms with Crippen molar-refractivity contribution in [3.05, 3.63) is 87.2 Å². The van der Waals surface area contributed by atoms with E-state index in [4.69, 9.17) is 41.5 Å². The molecule has 4 aliphatic rings. The molecule has 7 amide bonds. The van der Waals surface area contributed by atoms with Gasteiger partial charge in [-0.2, -0.15) is 10.1 Å². The molecule has 2 aromatic rings. The van der Waals surface area contributed by atoms with Gasteiger partial charge >= 0.3 is 0 Å². The van der Waals surface area contributed by atoms with Crippen LogP contribution in [0.25, 0.3) is 0 Å². The number of aromatic nitrogens is 1. The summed E-state index contributed by atoms with van der Waals surface area (Å²) in [5.74, 6) is -3.13. The quantitative estimate of drug-likeness (QED) is 0.0584. The fourth-order valence-corrected chi connectivity index (χ4v) is 7.75. The van der Waals surface area contributed by atoms with Crippen LogP contribution in [0, 0.1) is 38.9 Å². The first-order valence-corrected chi connectivity index (χ1v) is 28.9. The van der Waals surface area contributed by atoms with Crippen molar-refractivity contribution >= 4 is 47.1 Å². The number of ketones is 1. The van der Waals surface area contributed by atoms with Crippen molar-refractivity contribution < 1.29 is 79.8 Å². The Hall–Kier alpha value is -6.63. The minimum atomic E-state index is -0.652. The Morgan fingerprint density at radius 1 is 0.540 bits per heavy atom. The largest absolute Gasteiger partial charge is 0.492 e. The summed E-state index contributed by atoms with van der Waals surface area (Å²) in [6.45, 7) is 44.5. The first-order valence-electron chi connectivity index (χ1n) is 28.9. The number of amides is 7. The van der Waals surface area contributed by atoms with E-state index in [-0.39, 0.29) is 103 Å². The van der Waals surface area contributed by atoms with Crippen LogP contribution in [0.2, 0.25) is 0 Å². The maximum absolute atomic E-state index is 11.1. The molecule has 87 heavy (non-hydrogen) atoms. The maximum Gasteiger partial charge on any atom is 0.286 e. The van der Waals surface area contributed by atoms with E-state index >= 15 is 0 Å². The number of carbonyl (C=O) groups is 8. The molecule has 1 unspecified atom stereocenters. The van der Waals surface area contributed by atoms with Crippen LogP contribution >= 0.6 is 0 Å². The Labute approximate surface area is 515 Å². The Kier molecular flexibility index (Phi) is 33.0. The van der Waals surface area contributed by atoms with Gasteiger partial charge in [-0.3, -0.25) is 69.2 Å². The minimum absolute atomic E-state index is 0.0379. The molecule has 9 N–H and O–H groups in total. The Morgan fingerprint density at radius 2 is 0.977 bits per heavy atom. The summed E-state index contributed by atoms with van der Waals surface area (Å²) >= 11 is 0. The number of Topliss-reactive ketones (excluding diaryl/α,β-unsaturated/α-hetero) is 1. The van der Waals surface area contributed by atoms with Crippen molar-refractivity contribution in [3.63, 3.8) is 0 Å². The number of rotatable bonds is 2. The highest BCUT2D eigenvalue weighted by Crippen LogP contribution is 2.36. The molecule has 494 valence electrons. The van der Waals surface area contributed by atoms with E-state index in [2.05, 4.69) is 92.6 Å². The van der Waals surface area contributed by atoms with E-state index in [1.54, 1.807) is 5.48 Å². The molecule has 4 aliphatic heterocycles. The van der Waals surface area contributed by atoms with Crippen molar-refractivity contribution in [2.75, 3.05) is 19.7 Å². The predicted molar refractivity (Wildman–Crippen MR) is 328 cm³/mol. The monoisotopic (exact) mass is 1230 g/mol. The molecule has 2 saturated heterocycles. The number of aliphatic hydroxyl groups excluding tert-OH is 1. The van der Waals surface area contributed by atoms with Gasteiger partial charge < -0.3 is 15.4 Å². The van der Waals surface area contributed by atoms with Crippen molar-refractivity contribution in [3.8, 4) is 5.88 Å². The highest BCUT2D eigenvalue weighted by Gasteiger charge is 2.38. The summed E-state index contributed by atoms with van der Waals surface area (Å²) in [6, 6.07) is 13.2. The molecule has 1 aromatic heterocycles. The van der Waals surface area contributed by atoms with Crippen LogP contribution in [-0.2, 0) is 49.2 Å². The van der Waals surface area contributed by atoms with Gasteiger partial charge in [0.05, 0.1) is 13.0 Å². The summed E-state index contributed by atoms with van der Waals surface area (Å²) in [5.41, 5.74) is 4.90. The zero-order chi connectivity index (χ0) is 68.8. The van der Waals surface area contributed by atoms with Gasteiger partial charge in [-0.1, -0.05) is 181 Å². The van der Waals surface area contributed by atoms with Crippen molar-refractivity contribution in [2.45, 2.75) is 208 Å². The van der Waals surface area contributed by atoms with E-state index in [1.165, 1.54) is 36.8 Å². The lowest BCUT2D eigenvalue weighted by molar-refractivity contribution is -0.187. The number of hydrogen-bond acceptors (Lipinski definition) is 17. The number of carbonyl (C=O) groups excluding carboxylic acids is 8. The highest BCUT2D eigenvalue weighted by molar-refractivity contribution is 6.04. The SMILES string of the molecule is CC(=O)CO.CC(C)(C)C1=CC(=O)N(O)C(=O)C1.CC(C)(C)C1=CC(=O)N(O)CC1.CC(C)(C)C1CC(=O)N(O)C(=O)C1.CC(C)(C)C1CCN(O)C(=O)C1.CC(C)(C)CC(=O)NO.CC(C)(C)c1cc(O)n(O)c(=O)c1.CC(C)(C)c1ccccc1. The molecular formula is C64H106N6O17. The molecule has 5 heterocycles. The molecule has 0 spiro atoms. The molecule has 0 saturated carbocycles.